The van der Waals surface area contributed by atoms with Crippen LogP contribution in [-0.2, 0) is 23.4 Å². The van der Waals surface area contributed by atoms with Gasteiger partial charge in [0, 0.05) is 0 Å². The lowest BCUT2D eigenvalue weighted by molar-refractivity contribution is -0.137. The molecule has 0 spiro atoms. The number of allylic oxidation sites excluding steroid dienone is 1. The van der Waals surface area contributed by atoms with Crippen molar-refractivity contribution < 1.29 is 38.3 Å². The lowest BCUT2D eigenvalue weighted by atomic mass is 9.58. The van der Waals surface area contributed by atoms with Gasteiger partial charge in [0.05, 0.1) is 31.7 Å². The Labute approximate surface area is 301 Å². The summed E-state index contributed by atoms with van der Waals surface area (Å²) in [5.41, 5.74) is 3.65. The average molecular weight is 708 g/mol. The number of benzene rings is 3. The number of rotatable bonds is 9. The van der Waals surface area contributed by atoms with Crippen molar-refractivity contribution in [1.82, 2.24) is 4.90 Å². The minimum Gasteiger partial charge on any atom is -0.508 e. The average Bonchev–Trinajstić information content (AvgIpc) is 3.36. The molecule has 2 saturated heterocycles. The van der Waals surface area contributed by atoms with Gasteiger partial charge in [0.15, 0.2) is 0 Å². The summed E-state index contributed by atoms with van der Waals surface area (Å²) in [5.74, 6) is -3.14. The Hall–Kier alpha value is -4.29. The third kappa shape index (κ3) is 7.00. The van der Waals surface area contributed by atoms with Gasteiger partial charge in [0.2, 0.25) is 11.8 Å². The van der Waals surface area contributed by atoms with Gasteiger partial charge < -0.3 is 23.9 Å². The van der Waals surface area contributed by atoms with Crippen molar-refractivity contribution in [3.63, 3.8) is 0 Å². The molecule has 2 N–H and O–H groups in total. The van der Waals surface area contributed by atoms with Crippen LogP contribution in [0.15, 0.2) is 102 Å². The number of imide groups is 3. The molecule has 2 aliphatic heterocycles. The number of amides is 3. The van der Waals surface area contributed by atoms with Crippen molar-refractivity contribution in [2.75, 3.05) is 13.7 Å². The Morgan fingerprint density at radius 2 is 1.63 bits per heavy atom. The minimum atomic E-state index is -3.00. The number of phenolic OH excluding ortho intramolecular Hbond substituents is 1. The molecule has 0 radical (unpaired) electrons. The van der Waals surface area contributed by atoms with Crippen LogP contribution in [0.25, 0.3) is 6.08 Å². The van der Waals surface area contributed by atoms with Gasteiger partial charge in [-0.2, -0.15) is 4.90 Å². The highest BCUT2D eigenvalue weighted by molar-refractivity contribution is 6.99. The quantitative estimate of drug-likeness (QED) is 0.165. The molecule has 51 heavy (non-hydrogen) atoms. The molecule has 2 heterocycles. The monoisotopic (exact) mass is 707 g/mol. The van der Waals surface area contributed by atoms with E-state index in [0.29, 0.717) is 17.7 Å². The van der Waals surface area contributed by atoms with Crippen LogP contribution in [0.2, 0.25) is 11.4 Å². The number of phenols is 1. The van der Waals surface area contributed by atoms with E-state index in [1.54, 1.807) is 18.2 Å². The molecule has 0 saturated carbocycles. The minimum absolute atomic E-state index is 0.113. The standard InChI is InChI=1S/C40H46BNO8Si/c1-26(21-27-13-12-14-29(43)22-27)19-20-34-35-28(23-32-36(33(35)24-41(47)50-34)38(45)42(37(32)44)39(46)48-5)25-49-51(40(2,3)4,30-15-8-6-9-16-30)31-17-10-7-11-18-31/h6-18,21-22,32-34,36,43,47H,19-20,23-25H2,1-5H3/b26-21+/t32-,33+,34-,36-/m1/s1. The molecule has 0 aromatic heterocycles. The van der Waals surface area contributed by atoms with Crippen molar-refractivity contribution in [3.8, 4) is 5.75 Å². The van der Waals surface area contributed by atoms with Gasteiger partial charge in [-0.25, -0.2) is 4.79 Å². The Bertz CT molecular complexity index is 1800. The number of aromatic hydroxyl groups is 1. The van der Waals surface area contributed by atoms with Crippen LogP contribution in [0.4, 0.5) is 4.79 Å². The summed E-state index contributed by atoms with van der Waals surface area (Å²) >= 11 is 0. The molecule has 2 fully saturated rings. The van der Waals surface area contributed by atoms with Gasteiger partial charge in [0.1, 0.15) is 5.75 Å². The number of hydrogen-bond donors (Lipinski definition) is 2. The number of likely N-dealkylation sites (tertiary alicyclic amines) is 1. The van der Waals surface area contributed by atoms with E-state index in [9.17, 15) is 24.5 Å². The largest absolute Gasteiger partial charge is 0.508 e. The molecule has 3 amide bonds. The maximum atomic E-state index is 13.8. The van der Waals surface area contributed by atoms with Crippen LogP contribution in [0.3, 0.4) is 0 Å². The fourth-order valence-electron chi connectivity index (χ4n) is 8.45. The van der Waals surface area contributed by atoms with E-state index in [2.05, 4.69) is 45.0 Å². The summed E-state index contributed by atoms with van der Waals surface area (Å²) < 4.78 is 18.5. The molecule has 0 unspecified atom stereocenters. The number of carbonyl (C=O) groups excluding carboxylic acids is 3. The van der Waals surface area contributed by atoms with Crippen molar-refractivity contribution in [3.05, 3.63) is 107 Å². The molecule has 6 rings (SSSR count). The van der Waals surface area contributed by atoms with Crippen LogP contribution in [0.5, 0.6) is 5.75 Å². The van der Waals surface area contributed by atoms with Crippen molar-refractivity contribution >= 4 is 49.8 Å². The molecule has 9 nitrogen and oxygen atoms in total. The molecule has 266 valence electrons. The lowest BCUT2D eigenvalue weighted by Gasteiger charge is -2.46. The number of methoxy groups -OCH3 is 1. The zero-order chi connectivity index (χ0) is 36.5. The number of ether oxygens (including phenoxy) is 1. The van der Waals surface area contributed by atoms with Gasteiger partial charge in [-0.3, -0.25) is 9.59 Å². The van der Waals surface area contributed by atoms with Crippen molar-refractivity contribution in [1.29, 1.82) is 0 Å². The summed E-state index contributed by atoms with van der Waals surface area (Å²) in [6.45, 7) is 8.81. The summed E-state index contributed by atoms with van der Waals surface area (Å²) in [6.07, 6.45) is 1.90. The molecule has 4 atom stereocenters. The molecular weight excluding hydrogens is 661 g/mol. The zero-order valence-corrected chi connectivity index (χ0v) is 30.9. The van der Waals surface area contributed by atoms with E-state index in [-0.39, 0.29) is 30.1 Å². The van der Waals surface area contributed by atoms with Gasteiger partial charge >= 0.3 is 13.2 Å². The second-order valence-electron chi connectivity index (χ2n) is 14.9. The zero-order valence-electron chi connectivity index (χ0n) is 29.9. The van der Waals surface area contributed by atoms with Gasteiger partial charge in [-0.1, -0.05) is 105 Å². The SMILES string of the molecule is COC(=O)N1C(=O)[C@@H]2[C@@H](CC(CO[Si](c3ccccc3)(c3ccccc3)C(C)(C)C)=C3[C@@H](CC/C(C)=C/c4cccc(O)c4)OB(O)C[C@@H]32)C1=O. The summed E-state index contributed by atoms with van der Waals surface area (Å²) in [4.78, 5) is 41.0. The molecular formula is C40H46BNO8Si. The Morgan fingerprint density at radius 1 is 0.980 bits per heavy atom. The second-order valence-corrected chi connectivity index (χ2v) is 19.2. The van der Waals surface area contributed by atoms with Crippen molar-refractivity contribution in [2.45, 2.75) is 64.4 Å². The van der Waals surface area contributed by atoms with Crippen molar-refractivity contribution in [2.24, 2.45) is 17.8 Å². The Balaban J connectivity index is 1.43. The molecule has 11 heteroatoms. The molecule has 0 bridgehead atoms. The van der Waals surface area contributed by atoms with E-state index in [4.69, 9.17) is 13.8 Å². The Morgan fingerprint density at radius 3 is 2.22 bits per heavy atom. The van der Waals surface area contributed by atoms with Crippen LogP contribution >= 0.6 is 0 Å². The maximum Gasteiger partial charge on any atom is 0.455 e. The normalized spacial score (nSPS) is 22.6. The fourth-order valence-corrected chi connectivity index (χ4v) is 13.0. The molecule has 3 aromatic carbocycles. The molecule has 3 aromatic rings. The first-order valence-electron chi connectivity index (χ1n) is 17.6. The summed E-state index contributed by atoms with van der Waals surface area (Å²) in [5, 5.41) is 23.0. The first kappa shape index (κ1) is 36.5. The van der Waals surface area contributed by atoms with E-state index < -0.39 is 57.2 Å². The summed E-state index contributed by atoms with van der Waals surface area (Å²) in [6, 6.07) is 27.6. The van der Waals surface area contributed by atoms with Gasteiger partial charge in [0.25, 0.3) is 8.32 Å². The van der Waals surface area contributed by atoms with Gasteiger partial charge in [-0.15, -0.1) is 0 Å². The summed E-state index contributed by atoms with van der Waals surface area (Å²) in [7, 11) is -3.01. The topological polar surface area (TPSA) is 123 Å². The van der Waals surface area contributed by atoms with E-state index in [1.807, 2.05) is 55.5 Å². The van der Waals surface area contributed by atoms with Crippen LogP contribution in [0.1, 0.15) is 52.5 Å². The Kier molecular flexibility index (Phi) is 10.6. The number of nitrogens with zero attached hydrogens (tertiary/aromatic N) is 1. The molecule has 1 aliphatic carbocycles. The third-order valence-electron chi connectivity index (χ3n) is 10.6. The van der Waals surface area contributed by atoms with Crippen LogP contribution in [-0.4, -0.2) is 68.2 Å². The smallest absolute Gasteiger partial charge is 0.455 e. The number of carbonyl (C=O) groups is 3. The number of hydrogen-bond acceptors (Lipinski definition) is 8. The number of fused-ring (bicyclic) bond motifs is 3. The first-order valence-corrected chi connectivity index (χ1v) is 19.5. The first-order chi connectivity index (χ1) is 24.4. The lowest BCUT2D eigenvalue weighted by Crippen LogP contribution is -2.66. The predicted octanol–water partition coefficient (Wildman–Crippen LogP) is 5.72. The third-order valence-corrected chi connectivity index (χ3v) is 15.6. The fraction of sp³-hybridized carbons (Fsp3) is 0.375. The highest BCUT2D eigenvalue weighted by Crippen LogP contribution is 2.51. The maximum absolute atomic E-state index is 13.8. The van der Waals surface area contributed by atoms with E-state index in [0.717, 1.165) is 39.8 Å². The van der Waals surface area contributed by atoms with Crippen LogP contribution in [0, 0.1) is 17.8 Å². The predicted molar refractivity (Wildman–Crippen MR) is 199 cm³/mol. The van der Waals surface area contributed by atoms with E-state index in [1.165, 1.54) is 0 Å². The highest BCUT2D eigenvalue weighted by Gasteiger charge is 2.59. The van der Waals surface area contributed by atoms with E-state index >= 15 is 0 Å². The van der Waals surface area contributed by atoms with Gasteiger partial charge in [-0.05, 0) is 82.7 Å². The second kappa shape index (κ2) is 14.8. The molecule has 3 aliphatic rings. The highest BCUT2D eigenvalue weighted by atomic mass is 28.4. The van der Waals surface area contributed by atoms with Crippen LogP contribution < -0.4 is 10.4 Å².